The van der Waals surface area contributed by atoms with Gasteiger partial charge >= 0.3 is 12.1 Å². The average molecular weight is 662 g/mol. The maximum Gasteiger partial charge on any atom is 0.409 e. The summed E-state index contributed by atoms with van der Waals surface area (Å²) < 4.78 is 23.5. The number of nitrogens with one attached hydrogen (secondary N) is 1. The lowest BCUT2D eigenvalue weighted by molar-refractivity contribution is -0.159. The van der Waals surface area contributed by atoms with E-state index in [1.807, 2.05) is 63.9 Å². The zero-order valence-electron chi connectivity index (χ0n) is 28.3. The van der Waals surface area contributed by atoms with E-state index in [1.54, 1.807) is 27.0 Å². The minimum Gasteiger partial charge on any atom is -0.495 e. The number of carbonyl (C=O) groups is 3. The van der Waals surface area contributed by atoms with Crippen LogP contribution in [0, 0.1) is 5.92 Å². The van der Waals surface area contributed by atoms with Crippen LogP contribution in [0.3, 0.4) is 0 Å². The number of likely N-dealkylation sites (N-methyl/N-ethyl adjacent to an activating group) is 1. The van der Waals surface area contributed by atoms with E-state index in [-0.39, 0.29) is 36.2 Å². The lowest BCUT2D eigenvalue weighted by atomic mass is 9.84. The molecule has 3 aliphatic heterocycles. The van der Waals surface area contributed by atoms with Gasteiger partial charge in [0.05, 0.1) is 25.3 Å². The maximum atomic E-state index is 14.0. The Bertz CT molecular complexity index is 1400. The molecule has 2 fully saturated rings. The highest BCUT2D eigenvalue weighted by Gasteiger charge is 2.64. The third-order valence-corrected chi connectivity index (χ3v) is 9.98. The average Bonchev–Trinajstić information content (AvgIpc) is 3.69. The molecule has 46 heavy (non-hydrogen) atoms. The predicted molar refractivity (Wildman–Crippen MR) is 175 cm³/mol. The van der Waals surface area contributed by atoms with Gasteiger partial charge in [0.25, 0.3) is 0 Å². The van der Waals surface area contributed by atoms with Crippen LogP contribution in [0.25, 0.3) is 0 Å². The molecular formula is C34H48ClN3O8. The Morgan fingerprint density at radius 3 is 2.61 bits per heavy atom. The summed E-state index contributed by atoms with van der Waals surface area (Å²) in [6.07, 6.45) is 3.27. The van der Waals surface area contributed by atoms with Crippen molar-refractivity contribution >= 4 is 35.3 Å². The lowest BCUT2D eigenvalue weighted by Crippen LogP contribution is -2.57. The molecule has 11 nitrogen and oxygen atoms in total. The quantitative estimate of drug-likeness (QED) is 0.339. The lowest BCUT2D eigenvalue weighted by Gasteiger charge is -2.39. The van der Waals surface area contributed by atoms with Crippen molar-refractivity contribution in [2.24, 2.45) is 5.92 Å². The summed E-state index contributed by atoms with van der Waals surface area (Å²) in [5, 5.41) is 14.2. The zero-order valence-corrected chi connectivity index (χ0v) is 29.0. The fourth-order valence-electron chi connectivity index (χ4n) is 6.19. The largest absolute Gasteiger partial charge is 0.495 e. The number of amides is 2. The Hall–Kier alpha value is -3.12. The van der Waals surface area contributed by atoms with E-state index in [0.717, 1.165) is 11.1 Å². The number of aliphatic hydroxyl groups is 1. The summed E-state index contributed by atoms with van der Waals surface area (Å²) in [5.74, 6) is -0.802. The number of methoxy groups -OCH3 is 1. The molecule has 2 amide bonds. The summed E-state index contributed by atoms with van der Waals surface area (Å²) in [6.45, 7) is 11.3. The van der Waals surface area contributed by atoms with Crippen molar-refractivity contribution in [2.45, 2.75) is 109 Å². The highest BCUT2D eigenvalue weighted by molar-refractivity contribution is 6.35. The molecule has 3 heterocycles. The summed E-state index contributed by atoms with van der Waals surface area (Å²) >= 11 is 6.72. The van der Waals surface area contributed by atoms with E-state index in [4.69, 9.17) is 30.5 Å². The number of epoxide rings is 1. The summed E-state index contributed by atoms with van der Waals surface area (Å²) in [6, 6.07) is 3.17. The zero-order chi connectivity index (χ0) is 34.1. The number of benzene rings is 1. The van der Waals surface area contributed by atoms with Crippen LogP contribution in [-0.4, -0.2) is 90.9 Å². The number of carbonyl (C=O) groups excluding carboxylic acids is 3. The summed E-state index contributed by atoms with van der Waals surface area (Å²) in [7, 11) is 4.98. The van der Waals surface area contributed by atoms with Crippen LogP contribution in [0.5, 0.6) is 5.75 Å². The van der Waals surface area contributed by atoms with E-state index < -0.39 is 53.7 Å². The van der Waals surface area contributed by atoms with E-state index in [1.165, 1.54) is 12.0 Å². The number of esters is 1. The van der Waals surface area contributed by atoms with Crippen molar-refractivity contribution in [1.82, 2.24) is 10.2 Å². The number of allylic oxidation sites excluding steroid dienone is 3. The molecule has 1 aromatic carbocycles. The number of fused-ring (bicyclic) bond motifs is 5. The molecule has 2 saturated heterocycles. The summed E-state index contributed by atoms with van der Waals surface area (Å²) in [4.78, 5) is 43.3. The number of nitrogens with zero attached hydrogens (tertiary/aromatic N) is 2. The molecule has 0 spiro atoms. The van der Waals surface area contributed by atoms with Gasteiger partial charge in [0, 0.05) is 31.8 Å². The number of anilines is 1. The first-order chi connectivity index (χ1) is 21.5. The molecule has 7 atom stereocenters. The molecule has 4 bridgehead atoms. The normalized spacial score (nSPS) is 32.9. The standard InChI is InChI=1S/C34H48ClN3O8/c1-19(2)37(7)22(5)31(40)45-27-17-28(39)38(8)24-15-23(16-25(43-9)29(24)35)14-20(3)12-10-11-13-34(42)18-26(44-32(41)36-34)21(4)30-33(27,6)46-30/h10-12,15-16,19,21-22,26-27,30,42H,13-14,17-18H2,1-9H3,(H,36,41)/b11-10+,20-12+/t21-,22+,26+,27+,30+,33+,34-/m1/s1. The predicted octanol–water partition coefficient (Wildman–Crippen LogP) is 4.77. The van der Waals surface area contributed by atoms with Gasteiger partial charge in [-0.15, -0.1) is 0 Å². The maximum absolute atomic E-state index is 14.0. The molecule has 3 aliphatic rings. The molecule has 0 radical (unpaired) electrons. The third-order valence-electron chi connectivity index (χ3n) is 9.60. The van der Waals surface area contributed by atoms with Crippen LogP contribution in [0.1, 0.15) is 66.4 Å². The van der Waals surface area contributed by atoms with Crippen molar-refractivity contribution in [1.29, 1.82) is 0 Å². The number of ether oxygens (including phenoxy) is 4. The topological polar surface area (TPSA) is 130 Å². The molecule has 0 saturated carbocycles. The number of alkyl carbamates (subject to hydrolysis) is 1. The first-order valence-electron chi connectivity index (χ1n) is 15.8. The second-order valence-electron chi connectivity index (χ2n) is 13.4. The minimum absolute atomic E-state index is 0.0800. The van der Waals surface area contributed by atoms with E-state index >= 15 is 0 Å². The monoisotopic (exact) mass is 661 g/mol. The fraction of sp³-hybridized carbons (Fsp3) is 0.618. The molecule has 2 N–H and O–H groups in total. The molecule has 4 rings (SSSR count). The summed E-state index contributed by atoms with van der Waals surface area (Å²) in [5.41, 5.74) is -0.258. The number of rotatable bonds is 5. The first-order valence-corrected chi connectivity index (χ1v) is 16.1. The van der Waals surface area contributed by atoms with E-state index in [9.17, 15) is 19.5 Å². The molecule has 0 unspecified atom stereocenters. The highest BCUT2D eigenvalue weighted by Crippen LogP contribution is 2.49. The van der Waals surface area contributed by atoms with Gasteiger partial charge in [-0.05, 0) is 65.8 Å². The van der Waals surface area contributed by atoms with Crippen LogP contribution in [0.4, 0.5) is 10.5 Å². The van der Waals surface area contributed by atoms with E-state index in [0.29, 0.717) is 17.9 Å². The van der Waals surface area contributed by atoms with Crippen molar-refractivity contribution in [2.75, 3.05) is 26.1 Å². The van der Waals surface area contributed by atoms with Crippen LogP contribution in [0.2, 0.25) is 5.02 Å². The second kappa shape index (κ2) is 13.9. The Balaban J connectivity index is 1.75. The van der Waals surface area contributed by atoms with Crippen LogP contribution in [0.15, 0.2) is 35.9 Å². The van der Waals surface area contributed by atoms with Gasteiger partial charge in [0.2, 0.25) is 5.91 Å². The van der Waals surface area contributed by atoms with Crippen molar-refractivity contribution in [3.05, 3.63) is 46.5 Å². The molecule has 12 heteroatoms. The van der Waals surface area contributed by atoms with Crippen LogP contribution < -0.4 is 15.0 Å². The Kier molecular flexibility index (Phi) is 10.8. The van der Waals surface area contributed by atoms with Gasteiger partial charge in [-0.25, -0.2) is 4.79 Å². The SMILES string of the molecule is COc1cc2cc(c1Cl)N(C)C(=O)C[C@H](OC(=O)[C@H](C)N(C)C(C)C)[C@]1(C)O[C@H]1[C@H](C)[C@@H]1C[C@](O)(C/C=C/C=C(\C)C2)NC(=O)O1. The van der Waals surface area contributed by atoms with Gasteiger partial charge in [0.15, 0.2) is 0 Å². The van der Waals surface area contributed by atoms with Crippen LogP contribution in [-0.2, 0) is 30.2 Å². The van der Waals surface area contributed by atoms with Crippen molar-refractivity contribution in [3.63, 3.8) is 0 Å². The van der Waals surface area contributed by atoms with E-state index in [2.05, 4.69) is 5.32 Å². The van der Waals surface area contributed by atoms with Crippen molar-refractivity contribution < 1.29 is 38.4 Å². The first kappa shape index (κ1) is 35.7. The fourth-order valence-corrected chi connectivity index (χ4v) is 6.50. The Morgan fingerprint density at radius 2 is 1.96 bits per heavy atom. The Labute approximate surface area is 276 Å². The van der Waals surface area contributed by atoms with Crippen LogP contribution >= 0.6 is 11.6 Å². The Morgan fingerprint density at radius 1 is 1.26 bits per heavy atom. The van der Waals surface area contributed by atoms with Gasteiger partial charge in [0.1, 0.15) is 40.3 Å². The molecule has 1 aromatic rings. The van der Waals surface area contributed by atoms with Gasteiger partial charge in [-0.3, -0.25) is 19.8 Å². The number of halogens is 1. The minimum atomic E-state index is -1.53. The van der Waals surface area contributed by atoms with Gasteiger partial charge < -0.3 is 29.0 Å². The number of hydrogen-bond acceptors (Lipinski definition) is 9. The number of hydrogen-bond donors (Lipinski definition) is 2. The van der Waals surface area contributed by atoms with Gasteiger partial charge in [-0.2, -0.15) is 0 Å². The third kappa shape index (κ3) is 7.70. The molecule has 0 aliphatic carbocycles. The highest BCUT2D eigenvalue weighted by atomic mass is 35.5. The van der Waals surface area contributed by atoms with Gasteiger partial charge in [-0.1, -0.05) is 42.3 Å². The smallest absolute Gasteiger partial charge is 0.409 e. The molecule has 0 aromatic heterocycles. The van der Waals surface area contributed by atoms with Crippen molar-refractivity contribution in [3.8, 4) is 5.75 Å². The second-order valence-corrected chi connectivity index (χ2v) is 13.7. The molecular weight excluding hydrogens is 614 g/mol. The molecule has 254 valence electrons.